The molecule has 6 nitrogen and oxygen atoms in total. The van der Waals surface area contributed by atoms with Crippen molar-refractivity contribution in [2.24, 2.45) is 0 Å². The summed E-state index contributed by atoms with van der Waals surface area (Å²) in [6.07, 6.45) is 4.50. The summed E-state index contributed by atoms with van der Waals surface area (Å²) in [5, 5.41) is 4.22. The Bertz CT molecular complexity index is 926. The van der Waals surface area contributed by atoms with Crippen LogP contribution in [0.2, 0.25) is 0 Å². The van der Waals surface area contributed by atoms with Crippen LogP contribution in [-0.2, 0) is 6.42 Å². The number of nitrogens with zero attached hydrogens (tertiary/aromatic N) is 3. The smallest absolute Gasteiger partial charge is 0.252 e. The Morgan fingerprint density at radius 3 is 2.71 bits per heavy atom. The fraction of sp³-hybridized carbons (Fsp3) is 0.364. The van der Waals surface area contributed by atoms with Crippen LogP contribution in [-0.4, -0.2) is 60.0 Å². The Kier molecular flexibility index (Phi) is 5.58. The van der Waals surface area contributed by atoms with Gasteiger partial charge in [-0.15, -0.1) is 0 Å². The third kappa shape index (κ3) is 4.02. The molecular weight excluding hydrogens is 350 g/mol. The summed E-state index contributed by atoms with van der Waals surface area (Å²) in [4.78, 5) is 24.9. The van der Waals surface area contributed by atoms with E-state index in [1.165, 1.54) is 10.9 Å². The largest absolute Gasteiger partial charge is 0.361 e. The van der Waals surface area contributed by atoms with Crippen molar-refractivity contribution in [1.82, 2.24) is 20.2 Å². The summed E-state index contributed by atoms with van der Waals surface area (Å²) in [6.45, 7) is 7.98. The molecule has 3 aromatic rings. The molecule has 1 aromatic carbocycles. The molecule has 0 atom stereocenters. The SMILES string of the molecule is CCN1CCN(c2ccc(C(=O)NCCc3c[nH]c4ccccc34)cn2)CC1. The maximum absolute atomic E-state index is 12.4. The number of hydrogen-bond acceptors (Lipinski definition) is 4. The van der Waals surface area contributed by atoms with E-state index in [0.717, 1.165) is 50.5 Å². The predicted molar refractivity (Wildman–Crippen MR) is 113 cm³/mol. The molecule has 1 fully saturated rings. The number of aromatic nitrogens is 2. The van der Waals surface area contributed by atoms with Crippen molar-refractivity contribution in [2.45, 2.75) is 13.3 Å². The lowest BCUT2D eigenvalue weighted by atomic mass is 10.1. The average molecular weight is 377 g/mol. The second kappa shape index (κ2) is 8.44. The van der Waals surface area contributed by atoms with Crippen molar-refractivity contribution in [3.63, 3.8) is 0 Å². The first kappa shape index (κ1) is 18.5. The average Bonchev–Trinajstić information content (AvgIpc) is 3.17. The van der Waals surface area contributed by atoms with Gasteiger partial charge in [-0.25, -0.2) is 4.98 Å². The summed E-state index contributed by atoms with van der Waals surface area (Å²) in [6, 6.07) is 12.0. The molecule has 0 saturated carbocycles. The number of rotatable bonds is 6. The summed E-state index contributed by atoms with van der Waals surface area (Å²) in [7, 11) is 0. The standard InChI is InChI=1S/C22H27N5O/c1-2-26-11-13-27(14-12-26)21-8-7-18(16-25-21)22(28)23-10-9-17-15-24-20-6-4-3-5-19(17)20/h3-8,15-16,24H,2,9-14H2,1H3,(H,23,28). The zero-order valence-electron chi connectivity index (χ0n) is 16.3. The summed E-state index contributed by atoms with van der Waals surface area (Å²) < 4.78 is 0. The number of pyridine rings is 1. The fourth-order valence-corrected chi connectivity index (χ4v) is 3.75. The highest BCUT2D eigenvalue weighted by Crippen LogP contribution is 2.18. The van der Waals surface area contributed by atoms with E-state index in [1.54, 1.807) is 6.20 Å². The van der Waals surface area contributed by atoms with Gasteiger partial charge in [-0.05, 0) is 36.7 Å². The Labute approximate surface area is 165 Å². The molecule has 0 unspecified atom stereocenters. The summed E-state index contributed by atoms with van der Waals surface area (Å²) in [5.74, 6) is 0.876. The number of fused-ring (bicyclic) bond motifs is 1. The number of carbonyl (C=O) groups excluding carboxylic acids is 1. The molecule has 3 heterocycles. The third-order valence-electron chi connectivity index (χ3n) is 5.51. The van der Waals surface area contributed by atoms with Gasteiger partial charge in [0.2, 0.25) is 0 Å². The number of amides is 1. The van der Waals surface area contributed by atoms with Crippen molar-refractivity contribution in [3.8, 4) is 0 Å². The van der Waals surface area contributed by atoms with Gasteiger partial charge < -0.3 is 20.1 Å². The number of piperazine rings is 1. The van der Waals surface area contributed by atoms with Crippen LogP contribution in [0.25, 0.3) is 10.9 Å². The third-order valence-corrected chi connectivity index (χ3v) is 5.51. The van der Waals surface area contributed by atoms with E-state index in [0.29, 0.717) is 12.1 Å². The molecule has 1 aliphatic rings. The van der Waals surface area contributed by atoms with E-state index in [-0.39, 0.29) is 5.91 Å². The topological polar surface area (TPSA) is 64.3 Å². The fourth-order valence-electron chi connectivity index (χ4n) is 3.75. The monoisotopic (exact) mass is 377 g/mol. The molecule has 6 heteroatoms. The van der Waals surface area contributed by atoms with Gasteiger partial charge in [-0.1, -0.05) is 25.1 Å². The quantitative estimate of drug-likeness (QED) is 0.693. The highest BCUT2D eigenvalue weighted by atomic mass is 16.1. The van der Waals surface area contributed by atoms with Gasteiger partial charge in [-0.2, -0.15) is 0 Å². The number of anilines is 1. The molecule has 0 bridgehead atoms. The molecule has 0 spiro atoms. The number of aromatic amines is 1. The molecule has 2 N–H and O–H groups in total. The van der Waals surface area contributed by atoms with Crippen LogP contribution in [0.3, 0.4) is 0 Å². The van der Waals surface area contributed by atoms with E-state index in [9.17, 15) is 4.79 Å². The molecular formula is C22H27N5O. The van der Waals surface area contributed by atoms with Gasteiger partial charge in [0, 0.05) is 56.0 Å². The number of para-hydroxylation sites is 1. The summed E-state index contributed by atoms with van der Waals surface area (Å²) >= 11 is 0. The maximum atomic E-state index is 12.4. The number of benzene rings is 1. The second-order valence-corrected chi connectivity index (χ2v) is 7.19. The van der Waals surface area contributed by atoms with Crippen molar-refractivity contribution in [2.75, 3.05) is 44.2 Å². The van der Waals surface area contributed by atoms with Crippen LogP contribution < -0.4 is 10.2 Å². The molecule has 4 rings (SSSR count). The van der Waals surface area contributed by atoms with Crippen LogP contribution in [0.5, 0.6) is 0 Å². The van der Waals surface area contributed by atoms with Crippen molar-refractivity contribution in [1.29, 1.82) is 0 Å². The molecule has 28 heavy (non-hydrogen) atoms. The van der Waals surface area contributed by atoms with E-state index >= 15 is 0 Å². The van der Waals surface area contributed by atoms with Gasteiger partial charge in [0.25, 0.3) is 5.91 Å². The van der Waals surface area contributed by atoms with Crippen LogP contribution in [0.1, 0.15) is 22.8 Å². The predicted octanol–water partition coefficient (Wildman–Crippen LogP) is 2.68. The van der Waals surface area contributed by atoms with Gasteiger partial charge in [0.15, 0.2) is 0 Å². The van der Waals surface area contributed by atoms with Gasteiger partial charge in [0.05, 0.1) is 5.56 Å². The first-order valence-corrected chi connectivity index (χ1v) is 10.0. The number of hydrogen-bond donors (Lipinski definition) is 2. The molecule has 146 valence electrons. The lowest BCUT2D eigenvalue weighted by Gasteiger charge is -2.34. The zero-order chi connectivity index (χ0) is 19.3. The highest BCUT2D eigenvalue weighted by Gasteiger charge is 2.17. The zero-order valence-corrected chi connectivity index (χ0v) is 16.3. The van der Waals surface area contributed by atoms with E-state index in [1.807, 2.05) is 30.5 Å². The number of nitrogens with one attached hydrogen (secondary N) is 2. The Hall–Kier alpha value is -2.86. The van der Waals surface area contributed by atoms with E-state index in [2.05, 4.69) is 44.1 Å². The van der Waals surface area contributed by atoms with Crippen molar-refractivity contribution >= 4 is 22.6 Å². The molecule has 1 amide bonds. The lowest BCUT2D eigenvalue weighted by molar-refractivity contribution is 0.0954. The normalized spacial score (nSPS) is 15.1. The number of carbonyl (C=O) groups is 1. The molecule has 1 aliphatic heterocycles. The lowest BCUT2D eigenvalue weighted by Crippen LogP contribution is -2.46. The van der Waals surface area contributed by atoms with E-state index in [4.69, 9.17) is 0 Å². The minimum absolute atomic E-state index is 0.0744. The van der Waals surface area contributed by atoms with E-state index < -0.39 is 0 Å². The van der Waals surface area contributed by atoms with Gasteiger partial charge in [-0.3, -0.25) is 4.79 Å². The molecule has 0 aliphatic carbocycles. The second-order valence-electron chi connectivity index (χ2n) is 7.19. The Morgan fingerprint density at radius 1 is 1.14 bits per heavy atom. The van der Waals surface area contributed by atoms with Crippen molar-refractivity contribution in [3.05, 3.63) is 59.9 Å². The Morgan fingerprint density at radius 2 is 1.96 bits per heavy atom. The minimum Gasteiger partial charge on any atom is -0.361 e. The van der Waals surface area contributed by atoms with Gasteiger partial charge in [0.1, 0.15) is 5.82 Å². The molecule has 0 radical (unpaired) electrons. The van der Waals surface area contributed by atoms with Gasteiger partial charge >= 0.3 is 0 Å². The van der Waals surface area contributed by atoms with Crippen LogP contribution >= 0.6 is 0 Å². The first-order valence-electron chi connectivity index (χ1n) is 10.0. The Balaban J connectivity index is 1.30. The maximum Gasteiger partial charge on any atom is 0.252 e. The first-order chi connectivity index (χ1) is 13.7. The van der Waals surface area contributed by atoms with Crippen LogP contribution in [0, 0.1) is 0 Å². The van der Waals surface area contributed by atoms with Crippen molar-refractivity contribution < 1.29 is 4.79 Å². The van der Waals surface area contributed by atoms with Crippen LogP contribution in [0.15, 0.2) is 48.8 Å². The number of likely N-dealkylation sites (N-methyl/N-ethyl adjacent to an activating group) is 1. The molecule has 2 aromatic heterocycles. The molecule has 1 saturated heterocycles. The highest BCUT2D eigenvalue weighted by molar-refractivity contribution is 5.94. The minimum atomic E-state index is -0.0744. The number of H-pyrrole nitrogens is 1. The summed E-state index contributed by atoms with van der Waals surface area (Å²) in [5.41, 5.74) is 2.95. The van der Waals surface area contributed by atoms with Crippen LogP contribution in [0.4, 0.5) is 5.82 Å².